The van der Waals surface area contributed by atoms with Crippen LogP contribution in [0.2, 0.25) is 0 Å². The Morgan fingerprint density at radius 3 is 2.63 bits per heavy atom. The number of aryl methyl sites for hydroxylation is 1. The molecule has 0 aliphatic heterocycles. The number of carboxylic acid groups (broad SMARTS) is 1. The highest BCUT2D eigenvalue weighted by molar-refractivity contribution is 5.81. The molecular formula is C30H47N7O4. The molecule has 1 unspecified atom stereocenters. The lowest BCUT2D eigenvalue weighted by atomic mass is 9.91. The summed E-state index contributed by atoms with van der Waals surface area (Å²) in [6.07, 6.45) is 3.50. The molecule has 0 saturated heterocycles. The predicted molar refractivity (Wildman–Crippen MR) is 162 cm³/mol. The van der Waals surface area contributed by atoms with Crippen molar-refractivity contribution in [2.45, 2.75) is 72.4 Å². The monoisotopic (exact) mass is 569 g/mol. The Hall–Kier alpha value is -3.44. The minimum atomic E-state index is -0.828. The van der Waals surface area contributed by atoms with E-state index in [9.17, 15) is 14.7 Å². The highest BCUT2D eigenvalue weighted by Crippen LogP contribution is 2.23. The maximum absolute atomic E-state index is 12.7. The number of nitrogens with two attached hydrogens (primary N) is 1. The van der Waals surface area contributed by atoms with Gasteiger partial charge in [-0.3, -0.25) is 14.3 Å². The molecule has 11 nitrogen and oxygen atoms in total. The van der Waals surface area contributed by atoms with E-state index in [2.05, 4.69) is 65.7 Å². The molecule has 0 saturated carbocycles. The Labute approximate surface area is 242 Å². The number of aromatic amines is 1. The second kappa shape index (κ2) is 14.5. The summed E-state index contributed by atoms with van der Waals surface area (Å²) in [4.78, 5) is 40.3. The van der Waals surface area contributed by atoms with E-state index in [-0.39, 0.29) is 22.9 Å². The van der Waals surface area contributed by atoms with E-state index in [0.717, 1.165) is 56.4 Å². The van der Waals surface area contributed by atoms with Crippen LogP contribution in [0.5, 0.6) is 6.01 Å². The second-order valence-corrected chi connectivity index (χ2v) is 12.0. The van der Waals surface area contributed by atoms with E-state index in [1.165, 1.54) is 0 Å². The maximum atomic E-state index is 12.7. The fourth-order valence-corrected chi connectivity index (χ4v) is 5.30. The predicted octanol–water partition coefficient (Wildman–Crippen LogP) is 3.94. The molecule has 2 heterocycles. The van der Waals surface area contributed by atoms with Crippen LogP contribution in [0.25, 0.3) is 11.2 Å². The van der Waals surface area contributed by atoms with Gasteiger partial charge in [0.25, 0.3) is 0 Å². The summed E-state index contributed by atoms with van der Waals surface area (Å²) < 4.78 is 7.26. The molecule has 0 aliphatic rings. The smallest absolute Gasteiger partial charge is 0.327 e. The van der Waals surface area contributed by atoms with Gasteiger partial charge in [0, 0.05) is 26.2 Å². The van der Waals surface area contributed by atoms with Gasteiger partial charge < -0.3 is 25.5 Å². The second-order valence-electron chi connectivity index (χ2n) is 12.0. The summed E-state index contributed by atoms with van der Waals surface area (Å²) in [5.74, 6) is -1.19. The Bertz CT molecular complexity index is 1350. The van der Waals surface area contributed by atoms with Crippen LogP contribution in [0.15, 0.2) is 29.1 Å². The first-order valence-corrected chi connectivity index (χ1v) is 14.5. The number of nitrogen functional groups attached to an aromatic ring is 1. The quantitative estimate of drug-likeness (QED) is 0.206. The molecule has 0 fully saturated rings. The average molecular weight is 570 g/mol. The maximum Gasteiger partial charge on any atom is 0.327 e. The largest absolute Gasteiger partial charge is 0.481 e. The van der Waals surface area contributed by atoms with E-state index >= 15 is 0 Å². The molecule has 1 atom stereocenters. The molecule has 0 bridgehead atoms. The van der Waals surface area contributed by atoms with Crippen LogP contribution in [0, 0.1) is 5.41 Å². The van der Waals surface area contributed by atoms with Crippen molar-refractivity contribution < 1.29 is 14.6 Å². The Balaban J connectivity index is 1.72. The average Bonchev–Trinajstić information content (AvgIpc) is 3.20. The van der Waals surface area contributed by atoms with Crippen LogP contribution >= 0.6 is 0 Å². The number of anilines is 1. The number of ether oxygens (including phenoxy) is 1. The number of fused-ring (bicyclic) bond motifs is 1. The van der Waals surface area contributed by atoms with E-state index in [1.54, 1.807) is 11.5 Å². The van der Waals surface area contributed by atoms with E-state index in [1.807, 2.05) is 18.2 Å². The van der Waals surface area contributed by atoms with Crippen LogP contribution in [0.3, 0.4) is 0 Å². The number of nitrogens with zero attached hydrogens (tertiary/aromatic N) is 5. The van der Waals surface area contributed by atoms with Crippen molar-refractivity contribution in [2.75, 3.05) is 46.1 Å². The van der Waals surface area contributed by atoms with Crippen molar-refractivity contribution in [3.63, 3.8) is 0 Å². The van der Waals surface area contributed by atoms with E-state index < -0.39 is 11.9 Å². The van der Waals surface area contributed by atoms with E-state index in [4.69, 9.17) is 10.5 Å². The summed E-state index contributed by atoms with van der Waals surface area (Å²) >= 11 is 0. The number of aliphatic carboxylic acids is 1. The highest BCUT2D eigenvalue weighted by atomic mass is 16.5. The standard InChI is InChI=1S/C30H47N7O4/c1-7-8-16-41-28-33-25(31)24-26(34-28)37(29(40)32-24)15-10-9-14-36(20-30(3,4)19-35(5)6)18-22-12-11-13-23(17-22)21(2)27(38)39/h11-13,17,21H,7-10,14-16,18-20H2,1-6H3,(H,32,40)(H,38,39)(H2,31,33,34). The summed E-state index contributed by atoms with van der Waals surface area (Å²) in [6.45, 7) is 12.7. The summed E-state index contributed by atoms with van der Waals surface area (Å²) in [6, 6.07) is 8.05. The molecular weight excluding hydrogens is 522 g/mol. The zero-order chi connectivity index (χ0) is 30.2. The lowest BCUT2D eigenvalue weighted by Gasteiger charge is -2.35. The number of H-pyrrole nitrogens is 1. The fourth-order valence-electron chi connectivity index (χ4n) is 5.30. The summed E-state index contributed by atoms with van der Waals surface area (Å²) in [7, 11) is 4.16. The van der Waals surface area contributed by atoms with E-state index in [0.29, 0.717) is 30.9 Å². The van der Waals surface area contributed by atoms with Gasteiger partial charge >= 0.3 is 17.7 Å². The number of hydrogen-bond donors (Lipinski definition) is 3. The third-order valence-corrected chi connectivity index (χ3v) is 7.09. The van der Waals surface area contributed by atoms with Gasteiger partial charge in [-0.15, -0.1) is 0 Å². The van der Waals surface area contributed by atoms with Gasteiger partial charge in [0.15, 0.2) is 11.5 Å². The molecule has 41 heavy (non-hydrogen) atoms. The number of hydrogen-bond acceptors (Lipinski definition) is 8. The third-order valence-electron chi connectivity index (χ3n) is 7.09. The molecule has 0 aliphatic carbocycles. The number of rotatable bonds is 17. The molecule has 0 amide bonds. The first kappa shape index (κ1) is 32.1. The molecule has 226 valence electrons. The Morgan fingerprint density at radius 1 is 1.20 bits per heavy atom. The van der Waals surface area contributed by atoms with Crippen LogP contribution in [0.1, 0.15) is 70.4 Å². The zero-order valence-corrected chi connectivity index (χ0v) is 25.4. The molecule has 3 rings (SSSR count). The van der Waals surface area contributed by atoms with Crippen molar-refractivity contribution in [1.29, 1.82) is 0 Å². The molecule has 4 N–H and O–H groups in total. The van der Waals surface area contributed by atoms with Gasteiger partial charge in [-0.2, -0.15) is 9.97 Å². The zero-order valence-electron chi connectivity index (χ0n) is 25.4. The number of imidazole rings is 1. The lowest BCUT2D eigenvalue weighted by molar-refractivity contribution is -0.138. The van der Waals surface area contributed by atoms with Crippen LogP contribution in [-0.2, 0) is 17.9 Å². The summed E-state index contributed by atoms with van der Waals surface area (Å²) in [5.41, 5.74) is 8.66. The van der Waals surface area contributed by atoms with Gasteiger partial charge in [0.2, 0.25) is 0 Å². The van der Waals surface area contributed by atoms with Crippen molar-refractivity contribution in [1.82, 2.24) is 29.3 Å². The third kappa shape index (κ3) is 9.29. The van der Waals surface area contributed by atoms with Crippen molar-refractivity contribution in [3.8, 4) is 6.01 Å². The first-order valence-electron chi connectivity index (χ1n) is 14.5. The minimum absolute atomic E-state index is 0.0475. The van der Waals surface area contributed by atoms with Gasteiger partial charge in [0.1, 0.15) is 5.52 Å². The molecule has 3 aromatic rings. The fraction of sp³-hybridized carbons (Fsp3) is 0.600. The van der Waals surface area contributed by atoms with Gasteiger partial charge in [-0.05, 0) is 63.4 Å². The highest BCUT2D eigenvalue weighted by Gasteiger charge is 2.23. The number of benzene rings is 1. The van der Waals surface area contributed by atoms with Gasteiger partial charge in [-0.25, -0.2) is 4.79 Å². The van der Waals surface area contributed by atoms with Gasteiger partial charge in [-0.1, -0.05) is 51.5 Å². The number of nitrogens with one attached hydrogen (secondary N) is 1. The number of carbonyl (C=O) groups is 1. The van der Waals surface area contributed by atoms with Gasteiger partial charge in [0.05, 0.1) is 12.5 Å². The Morgan fingerprint density at radius 2 is 1.95 bits per heavy atom. The topological polar surface area (TPSA) is 143 Å². The van der Waals surface area contributed by atoms with Crippen LogP contribution < -0.4 is 16.2 Å². The van der Waals surface area contributed by atoms with Crippen LogP contribution in [0.4, 0.5) is 5.82 Å². The molecule has 0 spiro atoms. The first-order chi connectivity index (χ1) is 19.4. The number of carboxylic acids is 1. The molecule has 2 aromatic heterocycles. The van der Waals surface area contributed by atoms with Crippen LogP contribution in [-0.4, -0.2) is 80.7 Å². The normalized spacial score (nSPS) is 12.9. The molecule has 11 heteroatoms. The minimum Gasteiger partial charge on any atom is -0.481 e. The number of aromatic nitrogens is 4. The van der Waals surface area contributed by atoms with Crippen molar-refractivity contribution >= 4 is 23.0 Å². The molecule has 1 aromatic carbocycles. The summed E-state index contributed by atoms with van der Waals surface area (Å²) in [5, 5.41) is 9.47. The number of unbranched alkanes of at least 4 members (excludes halogenated alkanes) is 2. The van der Waals surface area contributed by atoms with Crippen molar-refractivity contribution in [2.24, 2.45) is 5.41 Å². The Kier molecular flexibility index (Phi) is 11.3. The molecule has 0 radical (unpaired) electrons. The van der Waals surface area contributed by atoms with Crippen molar-refractivity contribution in [3.05, 3.63) is 45.9 Å². The SMILES string of the molecule is CCCCOc1nc(N)c2[nH]c(=O)n(CCCCN(Cc3cccc(C(C)C(=O)O)c3)CC(C)(C)CN(C)C)c2n1. The lowest BCUT2D eigenvalue weighted by Crippen LogP contribution is -2.40.